The smallest absolute Gasteiger partial charge is 0.283 e. The van der Waals surface area contributed by atoms with Crippen LogP contribution < -0.4 is 0 Å². The predicted octanol–water partition coefficient (Wildman–Crippen LogP) is 5.74. The number of fused-ring (bicyclic) bond motifs is 1. The molecule has 1 aromatic carbocycles. The highest BCUT2D eigenvalue weighted by molar-refractivity contribution is 7.99. The zero-order chi connectivity index (χ0) is 21.4. The first-order valence-electron chi connectivity index (χ1n) is 10.6. The molecule has 0 saturated carbocycles. The number of aryl methyl sites for hydroxylation is 2. The minimum Gasteiger partial charge on any atom is -0.411 e. The van der Waals surface area contributed by atoms with Crippen molar-refractivity contribution >= 4 is 33.3 Å². The molecule has 1 fully saturated rings. The minimum absolute atomic E-state index is 0.500. The van der Waals surface area contributed by atoms with Crippen LogP contribution >= 0.6 is 23.1 Å². The van der Waals surface area contributed by atoms with Crippen LogP contribution in [0.3, 0.4) is 0 Å². The van der Waals surface area contributed by atoms with E-state index in [0.29, 0.717) is 11.1 Å². The van der Waals surface area contributed by atoms with E-state index in [-0.39, 0.29) is 0 Å². The van der Waals surface area contributed by atoms with Gasteiger partial charge >= 0.3 is 0 Å². The summed E-state index contributed by atoms with van der Waals surface area (Å²) in [5.74, 6) is 2.20. The Kier molecular flexibility index (Phi) is 5.77. The molecule has 0 aliphatic carbocycles. The Bertz CT molecular complexity index is 1200. The second-order valence-corrected chi connectivity index (χ2v) is 10.4. The molecule has 0 radical (unpaired) electrons. The molecule has 0 unspecified atom stereocenters. The van der Waals surface area contributed by atoms with Crippen molar-refractivity contribution in [2.45, 2.75) is 50.4 Å². The largest absolute Gasteiger partial charge is 0.411 e. The lowest BCUT2D eigenvalue weighted by Gasteiger charge is -2.29. The molecule has 4 heterocycles. The van der Waals surface area contributed by atoms with Crippen LogP contribution in [0, 0.1) is 19.8 Å². The van der Waals surface area contributed by atoms with E-state index < -0.39 is 0 Å². The maximum atomic E-state index is 5.94. The summed E-state index contributed by atoms with van der Waals surface area (Å²) >= 11 is 3.17. The highest BCUT2D eigenvalue weighted by Crippen LogP contribution is 2.38. The lowest BCUT2D eigenvalue weighted by atomic mass is 9.99. The highest BCUT2D eigenvalue weighted by atomic mass is 32.2. The van der Waals surface area contributed by atoms with E-state index in [1.54, 1.807) is 11.3 Å². The fraction of sp³-hybridized carbons (Fsp3) is 0.391. The van der Waals surface area contributed by atoms with Crippen molar-refractivity contribution in [3.05, 3.63) is 46.6 Å². The number of likely N-dealkylation sites (tertiary alicyclic amines) is 1. The molecule has 0 N–H and O–H groups in total. The lowest BCUT2D eigenvalue weighted by molar-refractivity contribution is 0.181. The molecule has 5 rings (SSSR count). The SMILES string of the molecule is Cc1sc2nc(CN3CCC(C)CC3)nc(Sc3nnc(-c4ccccc4)o3)c2c1C. The second-order valence-electron chi connectivity index (χ2n) is 8.21. The monoisotopic (exact) mass is 451 g/mol. The van der Waals surface area contributed by atoms with Gasteiger partial charge in [0.2, 0.25) is 5.89 Å². The molecule has 0 atom stereocenters. The predicted molar refractivity (Wildman–Crippen MR) is 124 cm³/mol. The van der Waals surface area contributed by atoms with Crippen LogP contribution in [0.25, 0.3) is 21.7 Å². The number of piperidine rings is 1. The average molecular weight is 452 g/mol. The third-order valence-electron chi connectivity index (χ3n) is 5.89. The van der Waals surface area contributed by atoms with E-state index in [4.69, 9.17) is 14.4 Å². The molecule has 0 spiro atoms. The van der Waals surface area contributed by atoms with Gasteiger partial charge in [0.05, 0.1) is 6.54 Å². The Labute approximate surface area is 190 Å². The number of benzene rings is 1. The van der Waals surface area contributed by atoms with Crippen LogP contribution in [0.4, 0.5) is 0 Å². The van der Waals surface area contributed by atoms with Gasteiger partial charge in [0.25, 0.3) is 5.22 Å². The summed E-state index contributed by atoms with van der Waals surface area (Å²) in [6.45, 7) is 9.61. The van der Waals surface area contributed by atoms with Crippen molar-refractivity contribution in [2.75, 3.05) is 13.1 Å². The third kappa shape index (κ3) is 4.37. The van der Waals surface area contributed by atoms with Gasteiger partial charge in [-0.15, -0.1) is 21.5 Å². The summed E-state index contributed by atoms with van der Waals surface area (Å²) in [4.78, 5) is 14.6. The quantitative estimate of drug-likeness (QED) is 0.358. The van der Waals surface area contributed by atoms with Crippen LogP contribution in [0.2, 0.25) is 0 Å². The molecule has 8 heteroatoms. The van der Waals surface area contributed by atoms with Gasteiger partial charge < -0.3 is 4.42 Å². The molecule has 3 aromatic heterocycles. The van der Waals surface area contributed by atoms with Crippen molar-refractivity contribution in [1.29, 1.82) is 0 Å². The Balaban J connectivity index is 1.46. The molecule has 1 aliphatic rings. The van der Waals surface area contributed by atoms with Gasteiger partial charge in [-0.1, -0.05) is 25.1 Å². The van der Waals surface area contributed by atoms with E-state index in [2.05, 4.69) is 35.9 Å². The second kappa shape index (κ2) is 8.68. The molecule has 1 aliphatic heterocycles. The summed E-state index contributed by atoms with van der Waals surface area (Å²) < 4.78 is 5.94. The van der Waals surface area contributed by atoms with Gasteiger partial charge in [-0.3, -0.25) is 4.90 Å². The van der Waals surface area contributed by atoms with Crippen LogP contribution in [0.1, 0.15) is 36.0 Å². The molecule has 0 amide bonds. The third-order valence-corrected chi connectivity index (χ3v) is 7.82. The van der Waals surface area contributed by atoms with Crippen LogP contribution in [-0.4, -0.2) is 38.2 Å². The van der Waals surface area contributed by atoms with E-state index in [0.717, 1.165) is 52.2 Å². The summed E-state index contributed by atoms with van der Waals surface area (Å²) in [7, 11) is 0. The number of aromatic nitrogens is 4. The van der Waals surface area contributed by atoms with E-state index in [1.165, 1.54) is 35.0 Å². The Hall–Kier alpha value is -2.29. The van der Waals surface area contributed by atoms with Crippen molar-refractivity contribution in [2.24, 2.45) is 5.92 Å². The Morgan fingerprint density at radius 3 is 2.65 bits per heavy atom. The fourth-order valence-electron chi connectivity index (χ4n) is 3.85. The maximum Gasteiger partial charge on any atom is 0.283 e. The fourth-order valence-corrected chi connectivity index (χ4v) is 5.83. The first-order valence-corrected chi connectivity index (χ1v) is 12.3. The first-order chi connectivity index (χ1) is 15.1. The molecular formula is C23H25N5OS2. The van der Waals surface area contributed by atoms with Crippen LogP contribution in [0.5, 0.6) is 0 Å². The maximum absolute atomic E-state index is 5.94. The van der Waals surface area contributed by atoms with Gasteiger partial charge in [0, 0.05) is 15.8 Å². The number of thiophene rings is 1. The Morgan fingerprint density at radius 1 is 1.10 bits per heavy atom. The lowest BCUT2D eigenvalue weighted by Crippen LogP contribution is -2.32. The average Bonchev–Trinajstić information content (AvgIpc) is 3.35. The molecule has 6 nitrogen and oxygen atoms in total. The van der Waals surface area contributed by atoms with Crippen molar-refractivity contribution in [1.82, 2.24) is 25.1 Å². The van der Waals surface area contributed by atoms with E-state index >= 15 is 0 Å². The number of rotatable bonds is 5. The van der Waals surface area contributed by atoms with Gasteiger partial charge in [-0.2, -0.15) is 0 Å². The number of nitrogens with zero attached hydrogens (tertiary/aromatic N) is 5. The molecule has 31 heavy (non-hydrogen) atoms. The molecule has 0 bridgehead atoms. The zero-order valence-electron chi connectivity index (χ0n) is 18.0. The molecule has 160 valence electrons. The van der Waals surface area contributed by atoms with Gasteiger partial charge in [-0.25, -0.2) is 9.97 Å². The summed E-state index contributed by atoms with van der Waals surface area (Å²) in [6.07, 6.45) is 2.48. The number of hydrogen-bond donors (Lipinski definition) is 0. The summed E-state index contributed by atoms with van der Waals surface area (Å²) in [5, 5.41) is 11.0. The van der Waals surface area contributed by atoms with Gasteiger partial charge in [0.15, 0.2) is 0 Å². The minimum atomic E-state index is 0.500. The zero-order valence-corrected chi connectivity index (χ0v) is 19.6. The molecule has 1 saturated heterocycles. The molecule has 4 aromatic rings. The van der Waals surface area contributed by atoms with E-state index in [1.807, 2.05) is 30.3 Å². The molecular weight excluding hydrogens is 426 g/mol. The first kappa shape index (κ1) is 20.6. The Morgan fingerprint density at radius 2 is 1.87 bits per heavy atom. The highest BCUT2D eigenvalue weighted by Gasteiger charge is 2.21. The van der Waals surface area contributed by atoms with Gasteiger partial charge in [-0.05, 0) is 75.2 Å². The normalized spacial score (nSPS) is 15.7. The standard InChI is InChI=1S/C23H25N5OS2/c1-14-9-11-28(12-10-14)13-18-24-21-19(15(2)16(3)30-21)22(25-18)31-23-27-26-20(29-23)17-7-5-4-6-8-17/h4-8,14H,9-13H2,1-3H3. The van der Waals surface area contributed by atoms with Gasteiger partial charge in [0.1, 0.15) is 15.7 Å². The summed E-state index contributed by atoms with van der Waals surface area (Å²) in [6, 6.07) is 9.83. The van der Waals surface area contributed by atoms with E-state index in [9.17, 15) is 0 Å². The van der Waals surface area contributed by atoms with Crippen LogP contribution in [0.15, 0.2) is 45.0 Å². The van der Waals surface area contributed by atoms with Crippen molar-refractivity contribution in [3.8, 4) is 11.5 Å². The van der Waals surface area contributed by atoms with Crippen molar-refractivity contribution < 1.29 is 4.42 Å². The number of hydrogen-bond acceptors (Lipinski definition) is 8. The topological polar surface area (TPSA) is 67.9 Å². The summed E-state index contributed by atoms with van der Waals surface area (Å²) in [5.41, 5.74) is 2.14. The van der Waals surface area contributed by atoms with Crippen molar-refractivity contribution in [3.63, 3.8) is 0 Å². The van der Waals surface area contributed by atoms with Crippen LogP contribution in [-0.2, 0) is 6.54 Å².